The molecule has 0 N–H and O–H groups in total. The van der Waals surface area contributed by atoms with Crippen LogP contribution in [-0.4, -0.2) is 0 Å². The van der Waals surface area contributed by atoms with Crippen LogP contribution in [0.5, 0.6) is 0 Å². The van der Waals surface area contributed by atoms with Crippen molar-refractivity contribution >= 4 is 10.8 Å². The third-order valence-electron chi connectivity index (χ3n) is 7.38. The Morgan fingerprint density at radius 2 is 1.58 bits per heavy atom. The van der Waals surface area contributed by atoms with Crippen molar-refractivity contribution in [2.45, 2.75) is 84.0 Å². The van der Waals surface area contributed by atoms with Gasteiger partial charge in [0.2, 0.25) is 0 Å². The van der Waals surface area contributed by atoms with E-state index in [4.69, 9.17) is 0 Å². The van der Waals surface area contributed by atoms with Crippen LogP contribution in [0.2, 0.25) is 0 Å². The highest BCUT2D eigenvalue weighted by Gasteiger charge is 2.22. The fourth-order valence-corrected chi connectivity index (χ4v) is 5.21. The van der Waals surface area contributed by atoms with Gasteiger partial charge in [-0.3, -0.25) is 0 Å². The molecule has 0 saturated heterocycles. The fraction of sp³-hybridized carbons (Fsp3) is 0.438. The second-order valence-corrected chi connectivity index (χ2v) is 9.82. The Bertz CT molecular complexity index is 1100. The predicted molar refractivity (Wildman–Crippen MR) is 139 cm³/mol. The molecule has 0 atom stereocenters. The zero-order valence-electron chi connectivity index (χ0n) is 20.3. The van der Waals surface area contributed by atoms with Gasteiger partial charge in [0.25, 0.3) is 0 Å². The van der Waals surface area contributed by atoms with Crippen LogP contribution in [0.15, 0.2) is 54.6 Å². The van der Waals surface area contributed by atoms with Crippen LogP contribution in [0.4, 0.5) is 4.39 Å². The van der Waals surface area contributed by atoms with Crippen LogP contribution in [0, 0.1) is 23.6 Å². The minimum Gasteiger partial charge on any atom is -0.205 e. The summed E-state index contributed by atoms with van der Waals surface area (Å²) >= 11 is 0. The highest BCUT2D eigenvalue weighted by molar-refractivity contribution is 5.85. The first-order valence-electron chi connectivity index (χ1n) is 13.0. The van der Waals surface area contributed by atoms with E-state index in [1.165, 1.54) is 68.9 Å². The summed E-state index contributed by atoms with van der Waals surface area (Å²) in [4.78, 5) is 0. The predicted octanol–water partition coefficient (Wildman–Crippen LogP) is 9.19. The zero-order chi connectivity index (χ0) is 23.0. The van der Waals surface area contributed by atoms with Crippen LogP contribution in [-0.2, 0) is 6.42 Å². The van der Waals surface area contributed by atoms with E-state index in [0.717, 1.165) is 23.3 Å². The summed E-state index contributed by atoms with van der Waals surface area (Å²) in [6, 6.07) is 18.6. The lowest BCUT2D eigenvalue weighted by Gasteiger charge is -2.29. The number of halogens is 1. The lowest BCUT2D eigenvalue weighted by atomic mass is 9.77. The number of hydrogen-bond acceptors (Lipinski definition) is 0. The van der Waals surface area contributed by atoms with Crippen molar-refractivity contribution < 1.29 is 4.39 Å². The van der Waals surface area contributed by atoms with Gasteiger partial charge in [-0.05, 0) is 85.1 Å². The third kappa shape index (κ3) is 6.05. The first kappa shape index (κ1) is 23.6. The molecule has 3 aromatic rings. The average molecular weight is 441 g/mol. The van der Waals surface area contributed by atoms with Crippen molar-refractivity contribution in [2.24, 2.45) is 5.92 Å². The van der Waals surface area contributed by atoms with E-state index in [1.54, 1.807) is 0 Å². The van der Waals surface area contributed by atoms with Gasteiger partial charge < -0.3 is 0 Å². The van der Waals surface area contributed by atoms with E-state index in [0.29, 0.717) is 16.9 Å². The molecule has 0 aliphatic heterocycles. The van der Waals surface area contributed by atoms with Crippen LogP contribution in [0.25, 0.3) is 10.8 Å². The molecule has 33 heavy (non-hydrogen) atoms. The van der Waals surface area contributed by atoms with Crippen LogP contribution >= 0.6 is 0 Å². The molecule has 0 nitrogen and oxygen atoms in total. The molecule has 1 saturated carbocycles. The van der Waals surface area contributed by atoms with Crippen LogP contribution in [0.3, 0.4) is 0 Å². The van der Waals surface area contributed by atoms with Gasteiger partial charge in [0.05, 0.1) is 5.56 Å². The van der Waals surface area contributed by atoms with Crippen LogP contribution < -0.4 is 0 Å². The van der Waals surface area contributed by atoms with E-state index in [9.17, 15) is 0 Å². The first-order valence-corrected chi connectivity index (χ1v) is 13.0. The molecule has 4 rings (SSSR count). The molecule has 0 unspecified atom stereocenters. The highest BCUT2D eigenvalue weighted by atomic mass is 19.1. The van der Waals surface area contributed by atoms with Crippen molar-refractivity contribution in [2.75, 3.05) is 0 Å². The molecule has 1 aliphatic carbocycles. The third-order valence-corrected chi connectivity index (χ3v) is 7.38. The number of hydrogen-bond donors (Lipinski definition) is 0. The topological polar surface area (TPSA) is 0 Å². The zero-order valence-corrected chi connectivity index (χ0v) is 20.3. The summed E-state index contributed by atoms with van der Waals surface area (Å²) < 4.78 is 15.2. The van der Waals surface area contributed by atoms with E-state index in [2.05, 4.69) is 50.0 Å². The van der Waals surface area contributed by atoms with Gasteiger partial charge in [0, 0.05) is 10.9 Å². The monoisotopic (exact) mass is 440 g/mol. The van der Waals surface area contributed by atoms with Crippen molar-refractivity contribution in [3.63, 3.8) is 0 Å². The maximum atomic E-state index is 15.2. The summed E-state index contributed by atoms with van der Waals surface area (Å²) in [5.74, 6) is 7.53. The second kappa shape index (κ2) is 11.5. The summed E-state index contributed by atoms with van der Waals surface area (Å²) in [5, 5.41) is 1.67. The molecule has 1 aliphatic rings. The van der Waals surface area contributed by atoms with Gasteiger partial charge in [-0.15, -0.1) is 0 Å². The molecule has 0 radical (unpaired) electrons. The number of benzene rings is 3. The minimum absolute atomic E-state index is 0.200. The summed E-state index contributed by atoms with van der Waals surface area (Å²) in [7, 11) is 0. The smallest absolute Gasteiger partial charge is 0.146 e. The first-order chi connectivity index (χ1) is 16.2. The molecule has 0 bridgehead atoms. The lowest BCUT2D eigenvalue weighted by molar-refractivity contribution is 0.304. The number of rotatable bonds is 7. The van der Waals surface area contributed by atoms with E-state index < -0.39 is 0 Å². The Morgan fingerprint density at radius 1 is 0.818 bits per heavy atom. The Hall–Kier alpha value is -2.59. The molecule has 172 valence electrons. The fourth-order valence-electron chi connectivity index (χ4n) is 5.21. The average Bonchev–Trinajstić information content (AvgIpc) is 2.86. The second-order valence-electron chi connectivity index (χ2n) is 9.82. The van der Waals surface area contributed by atoms with Crippen LogP contribution in [0.1, 0.15) is 99.8 Å². The highest BCUT2D eigenvalue weighted by Crippen LogP contribution is 2.38. The largest absolute Gasteiger partial charge is 0.205 e. The number of unbranched alkanes of at least 4 members (excludes halogenated alkanes) is 2. The Kier molecular flexibility index (Phi) is 8.22. The van der Waals surface area contributed by atoms with Crippen molar-refractivity contribution in [3.8, 4) is 11.8 Å². The molecular formula is C32H37F. The summed E-state index contributed by atoms with van der Waals surface area (Å²) in [5.41, 5.74) is 4.11. The number of fused-ring (bicyclic) bond motifs is 1. The summed E-state index contributed by atoms with van der Waals surface area (Å²) in [6.07, 6.45) is 12.8. The molecule has 0 spiro atoms. The molecule has 3 aromatic carbocycles. The SMILES string of the molecule is CCCCc1ccc(C#Cc2ccc3cc(C4CCC(CCCC)CC4)ccc3c2F)cc1. The van der Waals surface area contributed by atoms with E-state index in [-0.39, 0.29) is 5.82 Å². The maximum absolute atomic E-state index is 15.2. The minimum atomic E-state index is -0.200. The molecule has 1 fully saturated rings. The Balaban J connectivity index is 1.46. The van der Waals surface area contributed by atoms with E-state index >= 15 is 4.39 Å². The number of aryl methyl sites for hydroxylation is 1. The summed E-state index contributed by atoms with van der Waals surface area (Å²) in [6.45, 7) is 4.49. The Morgan fingerprint density at radius 3 is 2.30 bits per heavy atom. The lowest BCUT2D eigenvalue weighted by Crippen LogP contribution is -2.13. The Labute approximate surface area is 199 Å². The van der Waals surface area contributed by atoms with Gasteiger partial charge in [-0.1, -0.05) is 87.8 Å². The van der Waals surface area contributed by atoms with Crippen molar-refractivity contribution in [1.82, 2.24) is 0 Å². The maximum Gasteiger partial charge on any atom is 0.146 e. The van der Waals surface area contributed by atoms with E-state index in [1.807, 2.05) is 30.3 Å². The van der Waals surface area contributed by atoms with Gasteiger partial charge in [-0.2, -0.15) is 0 Å². The molecular weight excluding hydrogens is 403 g/mol. The molecule has 1 heteroatoms. The van der Waals surface area contributed by atoms with Crippen molar-refractivity contribution in [3.05, 3.63) is 82.7 Å². The molecule has 0 amide bonds. The van der Waals surface area contributed by atoms with Gasteiger partial charge in [0.15, 0.2) is 0 Å². The van der Waals surface area contributed by atoms with Gasteiger partial charge >= 0.3 is 0 Å². The standard InChI is InChI=1S/C32H37F/c1-3-5-7-24-9-11-26(12-10-24)15-18-28-19-20-30-23-29(21-22-31(30)32(28)33)27-16-13-25(14-17-27)8-6-4-2/h9-12,19-23,25,27H,3-8,13-14,16-17H2,1-2H3. The van der Waals surface area contributed by atoms with Crippen molar-refractivity contribution in [1.29, 1.82) is 0 Å². The quantitative estimate of drug-likeness (QED) is 0.321. The normalized spacial score (nSPS) is 18.2. The molecule has 0 aromatic heterocycles. The van der Waals surface area contributed by atoms with Gasteiger partial charge in [-0.25, -0.2) is 4.39 Å². The van der Waals surface area contributed by atoms with Gasteiger partial charge in [0.1, 0.15) is 5.82 Å². The molecule has 0 heterocycles.